The SMILES string of the molecule is Nc1nc2c(c(C(=O)NC[C@H]3CCOc4ccccc4C3)n1)CCCC2. The normalized spacial score (nSPS) is 18.8. The molecule has 1 aromatic heterocycles. The van der Waals surface area contributed by atoms with Gasteiger partial charge in [0.2, 0.25) is 5.95 Å². The first-order valence-electron chi connectivity index (χ1n) is 9.35. The molecule has 6 heteroatoms. The van der Waals surface area contributed by atoms with Crippen LogP contribution in [0.1, 0.15) is 46.6 Å². The van der Waals surface area contributed by atoms with E-state index in [0.717, 1.165) is 55.5 Å². The van der Waals surface area contributed by atoms with Crippen molar-refractivity contribution >= 4 is 11.9 Å². The molecule has 1 amide bonds. The maximum absolute atomic E-state index is 12.8. The molecule has 6 nitrogen and oxygen atoms in total. The van der Waals surface area contributed by atoms with Crippen LogP contribution in [0.4, 0.5) is 5.95 Å². The Morgan fingerprint density at radius 1 is 1.23 bits per heavy atom. The van der Waals surface area contributed by atoms with Crippen molar-refractivity contribution < 1.29 is 9.53 Å². The van der Waals surface area contributed by atoms with Gasteiger partial charge in [-0.25, -0.2) is 9.97 Å². The first-order valence-corrected chi connectivity index (χ1v) is 9.35. The second kappa shape index (κ2) is 7.32. The van der Waals surface area contributed by atoms with Gasteiger partial charge in [-0.15, -0.1) is 0 Å². The van der Waals surface area contributed by atoms with Gasteiger partial charge in [0.1, 0.15) is 11.4 Å². The highest BCUT2D eigenvalue weighted by Gasteiger charge is 2.23. The Morgan fingerprint density at radius 2 is 2.08 bits per heavy atom. The summed E-state index contributed by atoms with van der Waals surface area (Å²) >= 11 is 0. The molecule has 0 radical (unpaired) electrons. The Balaban J connectivity index is 1.45. The molecule has 2 aliphatic rings. The molecule has 26 heavy (non-hydrogen) atoms. The molecule has 1 aliphatic heterocycles. The molecular formula is C20H24N4O2. The lowest BCUT2D eigenvalue weighted by Crippen LogP contribution is -2.32. The number of fused-ring (bicyclic) bond motifs is 2. The molecule has 1 aromatic carbocycles. The number of rotatable bonds is 3. The van der Waals surface area contributed by atoms with Gasteiger partial charge in [0, 0.05) is 17.8 Å². The summed E-state index contributed by atoms with van der Waals surface area (Å²) in [6.45, 7) is 1.28. The van der Waals surface area contributed by atoms with Crippen molar-refractivity contribution in [2.75, 3.05) is 18.9 Å². The predicted octanol–water partition coefficient (Wildman–Crippen LogP) is 2.31. The summed E-state index contributed by atoms with van der Waals surface area (Å²) in [6.07, 6.45) is 5.70. The fraction of sp³-hybridized carbons (Fsp3) is 0.450. The summed E-state index contributed by atoms with van der Waals surface area (Å²) in [6, 6.07) is 8.12. The molecule has 0 unspecified atom stereocenters. The molecule has 4 rings (SSSR count). The number of nitrogens with two attached hydrogens (primary N) is 1. The number of para-hydroxylation sites is 1. The number of hydrogen-bond donors (Lipinski definition) is 2. The second-order valence-electron chi connectivity index (χ2n) is 7.09. The van der Waals surface area contributed by atoms with Crippen molar-refractivity contribution in [2.24, 2.45) is 5.92 Å². The van der Waals surface area contributed by atoms with Crippen LogP contribution in [0.15, 0.2) is 24.3 Å². The number of aromatic nitrogens is 2. The molecule has 0 saturated carbocycles. The zero-order valence-electron chi connectivity index (χ0n) is 14.8. The van der Waals surface area contributed by atoms with Crippen molar-refractivity contribution in [3.05, 3.63) is 46.8 Å². The average molecular weight is 352 g/mol. The number of aryl methyl sites for hydroxylation is 1. The Bertz CT molecular complexity index is 821. The third-order valence-electron chi connectivity index (χ3n) is 5.23. The fourth-order valence-corrected chi connectivity index (χ4v) is 3.86. The maximum atomic E-state index is 12.8. The second-order valence-corrected chi connectivity index (χ2v) is 7.09. The van der Waals surface area contributed by atoms with Crippen molar-refractivity contribution in [1.29, 1.82) is 0 Å². The van der Waals surface area contributed by atoms with E-state index < -0.39 is 0 Å². The number of benzene rings is 1. The molecule has 3 N–H and O–H groups in total. The van der Waals surface area contributed by atoms with Gasteiger partial charge in [0.15, 0.2) is 0 Å². The molecule has 2 aromatic rings. The number of amides is 1. The third kappa shape index (κ3) is 3.49. The van der Waals surface area contributed by atoms with Gasteiger partial charge in [-0.05, 0) is 56.1 Å². The molecule has 1 atom stereocenters. The van der Waals surface area contributed by atoms with Crippen LogP contribution in [-0.2, 0) is 19.3 Å². The van der Waals surface area contributed by atoms with E-state index in [2.05, 4.69) is 21.4 Å². The Morgan fingerprint density at radius 3 is 3.00 bits per heavy atom. The Hall–Kier alpha value is -2.63. The van der Waals surface area contributed by atoms with Gasteiger partial charge in [0.05, 0.1) is 6.61 Å². The van der Waals surface area contributed by atoms with E-state index >= 15 is 0 Å². The highest BCUT2D eigenvalue weighted by Crippen LogP contribution is 2.26. The predicted molar refractivity (Wildman–Crippen MR) is 99.2 cm³/mol. The summed E-state index contributed by atoms with van der Waals surface area (Å²) in [4.78, 5) is 21.3. The zero-order valence-corrected chi connectivity index (χ0v) is 14.8. The van der Waals surface area contributed by atoms with E-state index in [1.807, 2.05) is 18.2 Å². The number of hydrogen-bond acceptors (Lipinski definition) is 5. The van der Waals surface area contributed by atoms with Crippen LogP contribution in [0.5, 0.6) is 5.75 Å². The van der Waals surface area contributed by atoms with Crippen molar-refractivity contribution in [2.45, 2.75) is 38.5 Å². The summed E-state index contributed by atoms with van der Waals surface area (Å²) in [5, 5.41) is 3.06. The number of ether oxygens (including phenoxy) is 1. The number of nitrogen functional groups attached to an aromatic ring is 1. The number of anilines is 1. The Labute approximate surface area is 153 Å². The fourth-order valence-electron chi connectivity index (χ4n) is 3.86. The average Bonchev–Trinajstić information content (AvgIpc) is 2.87. The van der Waals surface area contributed by atoms with Gasteiger partial charge < -0.3 is 15.8 Å². The molecule has 2 heterocycles. The van der Waals surface area contributed by atoms with Gasteiger partial charge in [-0.1, -0.05) is 18.2 Å². The van der Waals surface area contributed by atoms with Crippen molar-refractivity contribution in [3.8, 4) is 5.75 Å². The molecule has 0 bridgehead atoms. The first-order chi connectivity index (χ1) is 12.7. The van der Waals surface area contributed by atoms with E-state index in [1.165, 1.54) is 5.56 Å². The highest BCUT2D eigenvalue weighted by molar-refractivity contribution is 5.94. The quantitative estimate of drug-likeness (QED) is 0.885. The number of nitrogens with one attached hydrogen (secondary N) is 1. The molecule has 0 saturated heterocycles. The standard InChI is InChI=1S/C20H24N4O2/c21-20-23-16-7-3-2-6-15(16)18(24-20)19(25)22-12-13-9-10-26-17-8-4-1-5-14(17)11-13/h1,4-5,8,13H,2-3,6-7,9-12H2,(H,22,25)(H2,21,23,24)/t13-/m0/s1. The van der Waals surface area contributed by atoms with Crippen LogP contribution in [-0.4, -0.2) is 29.0 Å². The largest absolute Gasteiger partial charge is 0.493 e. The smallest absolute Gasteiger partial charge is 0.270 e. The van der Waals surface area contributed by atoms with Gasteiger partial charge in [0.25, 0.3) is 5.91 Å². The van der Waals surface area contributed by atoms with Crippen molar-refractivity contribution in [3.63, 3.8) is 0 Å². The number of carbonyl (C=O) groups excluding carboxylic acids is 1. The summed E-state index contributed by atoms with van der Waals surface area (Å²) in [5.74, 6) is 1.35. The minimum absolute atomic E-state index is 0.143. The Kier molecular flexibility index (Phi) is 4.73. The van der Waals surface area contributed by atoms with E-state index in [1.54, 1.807) is 0 Å². The number of carbonyl (C=O) groups is 1. The molecular weight excluding hydrogens is 328 g/mol. The zero-order chi connectivity index (χ0) is 17.9. The topological polar surface area (TPSA) is 90.1 Å². The summed E-state index contributed by atoms with van der Waals surface area (Å²) in [7, 11) is 0. The van der Waals surface area contributed by atoms with Crippen molar-refractivity contribution in [1.82, 2.24) is 15.3 Å². The van der Waals surface area contributed by atoms with Gasteiger partial charge in [-0.3, -0.25) is 4.79 Å². The highest BCUT2D eigenvalue weighted by atomic mass is 16.5. The first kappa shape index (κ1) is 16.8. The maximum Gasteiger partial charge on any atom is 0.270 e. The van der Waals surface area contributed by atoms with E-state index in [-0.39, 0.29) is 11.9 Å². The van der Waals surface area contributed by atoms with Crippen LogP contribution >= 0.6 is 0 Å². The molecule has 0 spiro atoms. The lowest BCUT2D eigenvalue weighted by molar-refractivity contribution is 0.0939. The van der Waals surface area contributed by atoms with Crippen LogP contribution in [0, 0.1) is 5.92 Å². The monoisotopic (exact) mass is 352 g/mol. The molecule has 136 valence electrons. The van der Waals surface area contributed by atoms with Crippen LogP contribution in [0.25, 0.3) is 0 Å². The van der Waals surface area contributed by atoms with Gasteiger partial charge >= 0.3 is 0 Å². The third-order valence-corrected chi connectivity index (χ3v) is 5.23. The minimum atomic E-state index is -0.143. The number of nitrogens with zero attached hydrogens (tertiary/aromatic N) is 2. The summed E-state index contributed by atoms with van der Waals surface area (Å²) < 4.78 is 5.81. The summed E-state index contributed by atoms with van der Waals surface area (Å²) in [5.41, 5.74) is 9.38. The lowest BCUT2D eigenvalue weighted by atomic mass is 9.94. The molecule has 0 fully saturated rings. The minimum Gasteiger partial charge on any atom is -0.493 e. The van der Waals surface area contributed by atoms with Crippen LogP contribution < -0.4 is 15.8 Å². The van der Waals surface area contributed by atoms with Gasteiger partial charge in [-0.2, -0.15) is 0 Å². The lowest BCUT2D eigenvalue weighted by Gasteiger charge is -2.19. The van der Waals surface area contributed by atoms with Crippen LogP contribution in [0.2, 0.25) is 0 Å². The van der Waals surface area contributed by atoms with Crippen LogP contribution in [0.3, 0.4) is 0 Å². The van der Waals surface area contributed by atoms with E-state index in [4.69, 9.17) is 10.5 Å². The van der Waals surface area contributed by atoms with E-state index in [0.29, 0.717) is 24.8 Å². The van der Waals surface area contributed by atoms with E-state index in [9.17, 15) is 4.79 Å². The molecule has 1 aliphatic carbocycles.